The number of alkyl halides is 3. The summed E-state index contributed by atoms with van der Waals surface area (Å²) in [6.45, 7) is 6.57. The Labute approximate surface area is 138 Å². The first-order valence-electron chi connectivity index (χ1n) is 7.67. The molecule has 2 aromatic rings. The number of piperazine rings is 1. The molecule has 0 amide bonds. The summed E-state index contributed by atoms with van der Waals surface area (Å²) in [5, 5.41) is 0. The molecule has 0 radical (unpaired) electrons. The summed E-state index contributed by atoms with van der Waals surface area (Å²) in [7, 11) is 0. The van der Waals surface area contributed by atoms with Crippen molar-refractivity contribution in [3.05, 3.63) is 41.6 Å². The maximum absolute atomic E-state index is 12.8. The molecule has 1 aliphatic heterocycles. The van der Waals surface area contributed by atoms with Gasteiger partial charge in [0.05, 0.1) is 0 Å². The predicted octanol–water partition coefficient (Wildman–Crippen LogP) is 2.83. The highest BCUT2D eigenvalue weighted by Gasteiger charge is 2.33. The van der Waals surface area contributed by atoms with Crippen molar-refractivity contribution in [3.63, 3.8) is 0 Å². The van der Waals surface area contributed by atoms with Crippen LogP contribution in [0.3, 0.4) is 0 Å². The normalized spacial score (nSPS) is 15.7. The second-order valence-electron chi connectivity index (χ2n) is 5.78. The molecule has 0 spiro atoms. The summed E-state index contributed by atoms with van der Waals surface area (Å²) in [6.07, 6.45) is -1.67. The monoisotopic (exact) mass is 337 g/mol. The van der Waals surface area contributed by atoms with E-state index < -0.39 is 11.9 Å². The van der Waals surface area contributed by atoms with Crippen LogP contribution in [0.25, 0.3) is 0 Å². The van der Waals surface area contributed by atoms with E-state index in [1.54, 1.807) is 12.4 Å². The summed E-state index contributed by atoms with van der Waals surface area (Å²) in [5.41, 5.74) is 1.66. The van der Waals surface area contributed by atoms with Crippen LogP contribution in [0.15, 0.2) is 24.7 Å². The van der Waals surface area contributed by atoms with Gasteiger partial charge in [-0.15, -0.1) is 0 Å². The molecule has 1 aliphatic rings. The van der Waals surface area contributed by atoms with Gasteiger partial charge >= 0.3 is 6.18 Å². The number of pyridine rings is 1. The zero-order valence-corrected chi connectivity index (χ0v) is 13.5. The molecule has 1 fully saturated rings. The minimum Gasteiger partial charge on any atom is -0.368 e. The Hall–Kier alpha value is -2.38. The van der Waals surface area contributed by atoms with Gasteiger partial charge in [-0.05, 0) is 26.0 Å². The molecule has 0 bridgehead atoms. The van der Waals surface area contributed by atoms with E-state index in [4.69, 9.17) is 0 Å². The Kier molecular flexibility index (Phi) is 4.29. The Morgan fingerprint density at radius 3 is 2.29 bits per heavy atom. The lowest BCUT2D eigenvalue weighted by Crippen LogP contribution is -2.47. The quantitative estimate of drug-likeness (QED) is 0.843. The first-order valence-corrected chi connectivity index (χ1v) is 7.67. The van der Waals surface area contributed by atoms with E-state index in [2.05, 4.69) is 19.9 Å². The van der Waals surface area contributed by atoms with Crippen LogP contribution in [0.5, 0.6) is 0 Å². The molecule has 0 saturated carbocycles. The van der Waals surface area contributed by atoms with Crippen LogP contribution in [-0.4, -0.2) is 41.1 Å². The maximum atomic E-state index is 12.8. The zero-order valence-electron chi connectivity index (χ0n) is 13.5. The highest BCUT2D eigenvalue weighted by Crippen LogP contribution is 2.30. The fraction of sp³-hybridized carbons (Fsp3) is 0.438. The zero-order chi connectivity index (χ0) is 17.3. The van der Waals surface area contributed by atoms with Gasteiger partial charge in [0.25, 0.3) is 0 Å². The van der Waals surface area contributed by atoms with Gasteiger partial charge in [-0.1, -0.05) is 0 Å². The van der Waals surface area contributed by atoms with Crippen molar-refractivity contribution in [3.8, 4) is 0 Å². The fourth-order valence-electron chi connectivity index (χ4n) is 2.79. The highest BCUT2D eigenvalue weighted by molar-refractivity contribution is 5.52. The molecular weight excluding hydrogens is 319 g/mol. The minimum atomic E-state index is -4.42. The summed E-state index contributed by atoms with van der Waals surface area (Å²) in [5.74, 6) is 0.896. The number of rotatable bonds is 2. The molecule has 5 nitrogen and oxygen atoms in total. The van der Waals surface area contributed by atoms with Crippen molar-refractivity contribution in [2.45, 2.75) is 20.0 Å². The Morgan fingerprint density at radius 1 is 0.958 bits per heavy atom. The first kappa shape index (κ1) is 16.5. The van der Waals surface area contributed by atoms with E-state index in [0.29, 0.717) is 31.9 Å². The Morgan fingerprint density at radius 2 is 1.62 bits per heavy atom. The van der Waals surface area contributed by atoms with Gasteiger partial charge in [0.2, 0.25) is 0 Å². The van der Waals surface area contributed by atoms with E-state index >= 15 is 0 Å². The van der Waals surface area contributed by atoms with Crippen molar-refractivity contribution in [1.82, 2.24) is 15.0 Å². The number of nitrogens with zero attached hydrogens (tertiary/aromatic N) is 5. The molecule has 0 unspecified atom stereocenters. The number of halogens is 3. The molecule has 24 heavy (non-hydrogen) atoms. The second kappa shape index (κ2) is 6.26. The van der Waals surface area contributed by atoms with Gasteiger partial charge in [0, 0.05) is 49.3 Å². The Bertz CT molecular complexity index is 724. The lowest BCUT2D eigenvalue weighted by atomic mass is 10.2. The number of anilines is 2. The van der Waals surface area contributed by atoms with Crippen LogP contribution in [0.2, 0.25) is 0 Å². The molecule has 128 valence electrons. The van der Waals surface area contributed by atoms with Gasteiger partial charge in [-0.2, -0.15) is 13.2 Å². The third-order valence-electron chi connectivity index (χ3n) is 4.29. The first-order chi connectivity index (χ1) is 11.4. The number of aryl methyl sites for hydroxylation is 1. The van der Waals surface area contributed by atoms with E-state index in [-0.39, 0.29) is 0 Å². The molecule has 1 saturated heterocycles. The molecule has 0 aromatic carbocycles. The van der Waals surface area contributed by atoms with Crippen molar-refractivity contribution in [2.24, 2.45) is 0 Å². The van der Waals surface area contributed by atoms with E-state index in [0.717, 1.165) is 23.1 Å². The SMILES string of the molecule is Cc1ncnc(N2CCN(c3ccnc(C(F)(F)F)c3)CC2)c1C. The van der Waals surface area contributed by atoms with Crippen molar-refractivity contribution in [1.29, 1.82) is 0 Å². The largest absolute Gasteiger partial charge is 0.433 e. The van der Waals surface area contributed by atoms with Crippen LogP contribution >= 0.6 is 0 Å². The van der Waals surface area contributed by atoms with Gasteiger partial charge < -0.3 is 9.80 Å². The number of aromatic nitrogens is 3. The average Bonchev–Trinajstić information content (AvgIpc) is 2.57. The summed E-state index contributed by atoms with van der Waals surface area (Å²) in [6, 6.07) is 2.72. The minimum absolute atomic E-state index is 0.549. The summed E-state index contributed by atoms with van der Waals surface area (Å²) < 4.78 is 38.4. The molecule has 0 atom stereocenters. The second-order valence-corrected chi connectivity index (χ2v) is 5.78. The summed E-state index contributed by atoms with van der Waals surface area (Å²) >= 11 is 0. The predicted molar refractivity (Wildman–Crippen MR) is 85.2 cm³/mol. The van der Waals surface area contributed by atoms with Crippen molar-refractivity contribution < 1.29 is 13.2 Å². The van der Waals surface area contributed by atoms with E-state index in [9.17, 15) is 13.2 Å². The van der Waals surface area contributed by atoms with Gasteiger partial charge in [0.1, 0.15) is 17.8 Å². The smallest absolute Gasteiger partial charge is 0.368 e. The topological polar surface area (TPSA) is 45.2 Å². The van der Waals surface area contributed by atoms with Crippen molar-refractivity contribution in [2.75, 3.05) is 36.0 Å². The molecule has 0 N–H and O–H groups in total. The number of hydrogen-bond acceptors (Lipinski definition) is 5. The van der Waals surface area contributed by atoms with E-state index in [1.165, 1.54) is 6.20 Å². The molecular formula is C16H18F3N5. The van der Waals surface area contributed by atoms with Crippen LogP contribution in [-0.2, 0) is 6.18 Å². The third kappa shape index (κ3) is 3.27. The van der Waals surface area contributed by atoms with Gasteiger partial charge in [-0.25, -0.2) is 9.97 Å². The lowest BCUT2D eigenvalue weighted by molar-refractivity contribution is -0.141. The van der Waals surface area contributed by atoms with E-state index in [1.807, 2.05) is 18.7 Å². The summed E-state index contributed by atoms with van der Waals surface area (Å²) in [4.78, 5) is 16.0. The standard InChI is InChI=1S/C16H18F3N5/c1-11-12(2)21-10-22-15(11)24-7-5-23(6-8-24)13-3-4-20-14(9-13)16(17,18)19/h3-4,9-10H,5-8H2,1-2H3. The Balaban J connectivity index is 1.73. The molecule has 8 heteroatoms. The fourth-order valence-corrected chi connectivity index (χ4v) is 2.79. The molecule has 3 rings (SSSR count). The maximum Gasteiger partial charge on any atom is 0.433 e. The van der Waals surface area contributed by atoms with Crippen LogP contribution in [0.4, 0.5) is 24.7 Å². The highest BCUT2D eigenvalue weighted by atomic mass is 19.4. The van der Waals surface area contributed by atoms with Crippen LogP contribution in [0.1, 0.15) is 17.0 Å². The third-order valence-corrected chi connectivity index (χ3v) is 4.29. The van der Waals surface area contributed by atoms with Crippen LogP contribution in [0, 0.1) is 13.8 Å². The van der Waals surface area contributed by atoms with Crippen LogP contribution < -0.4 is 9.80 Å². The van der Waals surface area contributed by atoms with Crippen molar-refractivity contribution >= 4 is 11.5 Å². The lowest BCUT2D eigenvalue weighted by Gasteiger charge is -2.37. The average molecular weight is 337 g/mol. The van der Waals surface area contributed by atoms with Gasteiger partial charge in [-0.3, -0.25) is 4.98 Å². The molecule has 2 aromatic heterocycles. The molecule has 3 heterocycles. The number of hydrogen-bond donors (Lipinski definition) is 0. The van der Waals surface area contributed by atoms with Gasteiger partial charge in [0.15, 0.2) is 0 Å². The molecule has 0 aliphatic carbocycles.